The maximum absolute atomic E-state index is 12.2. The average molecular weight is 403 g/mol. The molecule has 2 heterocycles. The van der Waals surface area contributed by atoms with Gasteiger partial charge in [0.25, 0.3) is 0 Å². The molecule has 0 aliphatic carbocycles. The minimum absolute atomic E-state index is 0.0849. The molecule has 1 amide bonds. The number of amides is 1. The first-order chi connectivity index (χ1) is 12.8. The fraction of sp³-hybridized carbons (Fsp3) is 0.333. The van der Waals surface area contributed by atoms with E-state index < -0.39 is 0 Å². The van der Waals surface area contributed by atoms with Gasteiger partial charge >= 0.3 is 0 Å². The van der Waals surface area contributed by atoms with Crippen molar-refractivity contribution in [1.29, 1.82) is 0 Å². The number of benzene rings is 1. The van der Waals surface area contributed by atoms with Crippen LogP contribution in [0.3, 0.4) is 0 Å². The van der Waals surface area contributed by atoms with E-state index in [1.54, 1.807) is 4.68 Å². The molecule has 1 aromatic carbocycles. The number of carbonyl (C=O) groups excluding carboxylic acids is 1. The number of hydrogen-bond donors (Lipinski definition) is 2. The smallest absolute Gasteiger partial charge is 0.234 e. The van der Waals surface area contributed by atoms with Crippen LogP contribution in [-0.4, -0.2) is 31.6 Å². The summed E-state index contributed by atoms with van der Waals surface area (Å²) < 4.78 is 2.51. The first kappa shape index (κ1) is 19.4. The summed E-state index contributed by atoms with van der Waals surface area (Å²) in [6, 6.07) is 6.20. The Morgan fingerprint density at radius 2 is 2.00 bits per heavy atom. The summed E-state index contributed by atoms with van der Waals surface area (Å²) in [5, 5.41) is 19.5. The van der Waals surface area contributed by atoms with Crippen molar-refractivity contribution in [3.8, 4) is 0 Å². The lowest BCUT2D eigenvalue weighted by Gasteiger charge is -2.06. The normalized spacial score (nSPS) is 10.9. The van der Waals surface area contributed by atoms with Gasteiger partial charge in [0, 0.05) is 12.7 Å². The molecule has 27 heavy (non-hydrogen) atoms. The van der Waals surface area contributed by atoms with Crippen molar-refractivity contribution in [2.75, 3.05) is 16.4 Å². The SMILES string of the molecule is Cc1ccc(Nc2nnc(SCC(=O)Nc3c(C)nn(C)c3C)s2)c(C)c1. The Balaban J connectivity index is 1.57. The summed E-state index contributed by atoms with van der Waals surface area (Å²) >= 11 is 2.80. The zero-order valence-corrected chi connectivity index (χ0v) is 17.6. The Kier molecular flexibility index (Phi) is 5.81. The minimum Gasteiger partial charge on any atom is -0.330 e. The molecule has 3 rings (SSSR count). The van der Waals surface area contributed by atoms with Crippen LogP contribution in [0.15, 0.2) is 22.5 Å². The van der Waals surface area contributed by atoms with Crippen molar-refractivity contribution in [2.45, 2.75) is 32.0 Å². The second-order valence-electron chi connectivity index (χ2n) is 6.32. The summed E-state index contributed by atoms with van der Waals surface area (Å²) in [6.45, 7) is 7.93. The van der Waals surface area contributed by atoms with Gasteiger partial charge in [-0.15, -0.1) is 10.2 Å². The van der Waals surface area contributed by atoms with Crippen LogP contribution in [0.1, 0.15) is 22.5 Å². The number of carbonyl (C=O) groups is 1. The molecule has 0 bridgehead atoms. The van der Waals surface area contributed by atoms with E-state index in [1.165, 1.54) is 28.7 Å². The van der Waals surface area contributed by atoms with Crippen molar-refractivity contribution in [1.82, 2.24) is 20.0 Å². The Hall–Kier alpha value is -2.39. The van der Waals surface area contributed by atoms with Gasteiger partial charge in [-0.05, 0) is 39.3 Å². The number of hydrogen-bond acceptors (Lipinski definition) is 7. The number of anilines is 3. The van der Waals surface area contributed by atoms with Crippen LogP contribution in [0.25, 0.3) is 0 Å². The van der Waals surface area contributed by atoms with Gasteiger partial charge < -0.3 is 10.6 Å². The van der Waals surface area contributed by atoms with Crippen molar-refractivity contribution in [2.24, 2.45) is 7.05 Å². The number of aromatic nitrogens is 4. The predicted molar refractivity (Wildman–Crippen MR) is 111 cm³/mol. The van der Waals surface area contributed by atoms with Gasteiger partial charge in [-0.3, -0.25) is 9.48 Å². The number of aryl methyl sites for hydroxylation is 4. The molecule has 7 nitrogen and oxygen atoms in total. The predicted octanol–water partition coefficient (Wildman–Crippen LogP) is 3.98. The van der Waals surface area contributed by atoms with E-state index in [4.69, 9.17) is 0 Å². The standard InChI is InChI=1S/C18H22N6OS2/c1-10-6-7-14(11(2)8-10)19-17-21-22-18(27-17)26-9-15(25)20-16-12(3)23-24(5)13(16)4/h6-8H,9H2,1-5H3,(H,19,21)(H,20,25). The van der Waals surface area contributed by atoms with Gasteiger partial charge in [0.15, 0.2) is 4.34 Å². The molecule has 142 valence electrons. The Morgan fingerprint density at radius 1 is 1.22 bits per heavy atom. The average Bonchev–Trinajstić information content (AvgIpc) is 3.15. The lowest BCUT2D eigenvalue weighted by Crippen LogP contribution is -2.15. The number of nitrogens with one attached hydrogen (secondary N) is 2. The largest absolute Gasteiger partial charge is 0.330 e. The van der Waals surface area contributed by atoms with Crippen LogP contribution < -0.4 is 10.6 Å². The molecule has 0 saturated heterocycles. The highest BCUT2D eigenvalue weighted by Gasteiger charge is 2.14. The van der Waals surface area contributed by atoms with Crippen molar-refractivity contribution >= 4 is 45.5 Å². The zero-order valence-electron chi connectivity index (χ0n) is 16.0. The van der Waals surface area contributed by atoms with Gasteiger partial charge in [0.1, 0.15) is 0 Å². The van der Waals surface area contributed by atoms with Crippen LogP contribution in [0.2, 0.25) is 0 Å². The van der Waals surface area contributed by atoms with E-state index in [9.17, 15) is 4.79 Å². The van der Waals surface area contributed by atoms with Crippen LogP contribution in [0.4, 0.5) is 16.5 Å². The molecule has 0 aliphatic rings. The van der Waals surface area contributed by atoms with Gasteiger partial charge in [-0.1, -0.05) is 40.8 Å². The summed E-state index contributed by atoms with van der Waals surface area (Å²) in [4.78, 5) is 12.2. The Bertz CT molecular complexity index is 978. The fourth-order valence-electron chi connectivity index (χ4n) is 2.64. The highest BCUT2D eigenvalue weighted by Crippen LogP contribution is 2.29. The van der Waals surface area contributed by atoms with E-state index in [0.717, 1.165) is 32.7 Å². The molecular weight excluding hydrogens is 380 g/mol. The topological polar surface area (TPSA) is 84.7 Å². The Labute approximate surface area is 166 Å². The van der Waals surface area contributed by atoms with Gasteiger partial charge in [0.2, 0.25) is 11.0 Å². The zero-order chi connectivity index (χ0) is 19.6. The molecule has 2 aromatic heterocycles. The molecule has 0 spiro atoms. The molecule has 0 radical (unpaired) electrons. The van der Waals surface area contributed by atoms with Crippen LogP contribution in [0.5, 0.6) is 0 Å². The second-order valence-corrected chi connectivity index (χ2v) is 8.52. The second kappa shape index (κ2) is 8.10. The van der Waals surface area contributed by atoms with Gasteiger partial charge in [-0.25, -0.2) is 0 Å². The number of thioether (sulfide) groups is 1. The fourth-order valence-corrected chi connectivity index (χ4v) is 4.21. The monoisotopic (exact) mass is 402 g/mol. The molecule has 0 atom stereocenters. The van der Waals surface area contributed by atoms with Crippen molar-refractivity contribution in [3.63, 3.8) is 0 Å². The molecule has 2 N–H and O–H groups in total. The summed E-state index contributed by atoms with van der Waals surface area (Å²) in [7, 11) is 1.86. The number of rotatable bonds is 6. The molecule has 0 fully saturated rings. The van der Waals surface area contributed by atoms with Gasteiger partial charge in [-0.2, -0.15) is 5.10 Å². The van der Waals surface area contributed by atoms with Crippen molar-refractivity contribution in [3.05, 3.63) is 40.7 Å². The Morgan fingerprint density at radius 3 is 2.67 bits per heavy atom. The molecular formula is C18H22N6OS2. The highest BCUT2D eigenvalue weighted by molar-refractivity contribution is 8.01. The summed E-state index contributed by atoms with van der Waals surface area (Å²) in [5.41, 5.74) is 5.90. The maximum atomic E-state index is 12.2. The first-order valence-electron chi connectivity index (χ1n) is 8.44. The molecule has 3 aromatic rings. The van der Waals surface area contributed by atoms with E-state index >= 15 is 0 Å². The lowest BCUT2D eigenvalue weighted by molar-refractivity contribution is -0.113. The molecule has 0 unspecified atom stereocenters. The van der Waals surface area contributed by atoms with Crippen molar-refractivity contribution < 1.29 is 4.79 Å². The summed E-state index contributed by atoms with van der Waals surface area (Å²) in [5.74, 6) is 0.185. The third kappa shape index (κ3) is 4.67. The van der Waals surface area contributed by atoms with E-state index in [1.807, 2.05) is 27.0 Å². The minimum atomic E-state index is -0.0849. The first-order valence-corrected chi connectivity index (χ1v) is 10.2. The molecule has 0 saturated carbocycles. The van der Waals surface area contributed by atoms with Gasteiger partial charge in [0.05, 0.1) is 22.8 Å². The van der Waals surface area contributed by atoms with E-state index in [2.05, 4.69) is 51.9 Å². The van der Waals surface area contributed by atoms with E-state index in [0.29, 0.717) is 5.13 Å². The maximum Gasteiger partial charge on any atom is 0.234 e. The third-order valence-electron chi connectivity index (χ3n) is 4.13. The van der Waals surface area contributed by atoms with E-state index in [-0.39, 0.29) is 11.7 Å². The molecule has 0 aliphatic heterocycles. The van der Waals surface area contributed by atoms with Crippen LogP contribution in [0, 0.1) is 27.7 Å². The third-order valence-corrected chi connectivity index (χ3v) is 6.10. The quantitative estimate of drug-likeness (QED) is 0.607. The highest BCUT2D eigenvalue weighted by atomic mass is 32.2. The van der Waals surface area contributed by atoms with Crippen LogP contribution >= 0.6 is 23.1 Å². The summed E-state index contributed by atoms with van der Waals surface area (Å²) in [6.07, 6.45) is 0. The molecule has 9 heteroatoms. The lowest BCUT2D eigenvalue weighted by atomic mass is 10.1. The number of nitrogens with zero attached hydrogens (tertiary/aromatic N) is 4. The van der Waals surface area contributed by atoms with Crippen LogP contribution in [-0.2, 0) is 11.8 Å².